The topological polar surface area (TPSA) is 59.6 Å². The van der Waals surface area contributed by atoms with E-state index in [4.69, 9.17) is 9.47 Å². The summed E-state index contributed by atoms with van der Waals surface area (Å²) in [7, 11) is 3.11. The summed E-state index contributed by atoms with van der Waals surface area (Å²) in [4.78, 5) is 12.5. The second-order valence-corrected chi connectivity index (χ2v) is 5.28. The highest BCUT2D eigenvalue weighted by molar-refractivity contribution is 6.02. The standard InChI is InChI=1S/C19H24N2O3/c1-5-13-9-7-10-14(6-2)17(13)20-19(22)21-18-15(23-3)11-8-12-16(18)24-4/h7-12H,5-6H2,1-4H3,(H2,20,21,22). The molecule has 0 aromatic heterocycles. The third-order valence-electron chi connectivity index (χ3n) is 3.90. The van der Waals surface area contributed by atoms with E-state index < -0.39 is 0 Å². The summed E-state index contributed by atoms with van der Waals surface area (Å²) in [6.07, 6.45) is 1.70. The van der Waals surface area contributed by atoms with E-state index in [1.165, 1.54) is 0 Å². The average molecular weight is 328 g/mol. The van der Waals surface area contributed by atoms with E-state index in [2.05, 4.69) is 24.5 Å². The molecule has 0 atom stereocenters. The number of benzene rings is 2. The highest BCUT2D eigenvalue weighted by atomic mass is 16.5. The zero-order valence-corrected chi connectivity index (χ0v) is 14.6. The molecule has 0 aliphatic heterocycles. The summed E-state index contributed by atoms with van der Waals surface area (Å²) in [5, 5.41) is 5.80. The van der Waals surface area contributed by atoms with E-state index in [9.17, 15) is 4.79 Å². The lowest BCUT2D eigenvalue weighted by Gasteiger charge is -2.17. The van der Waals surface area contributed by atoms with Crippen molar-refractivity contribution in [3.63, 3.8) is 0 Å². The normalized spacial score (nSPS) is 10.2. The van der Waals surface area contributed by atoms with E-state index in [1.54, 1.807) is 26.4 Å². The zero-order chi connectivity index (χ0) is 17.5. The van der Waals surface area contributed by atoms with Crippen molar-refractivity contribution in [1.29, 1.82) is 0 Å². The fourth-order valence-electron chi connectivity index (χ4n) is 2.64. The molecule has 2 aromatic rings. The van der Waals surface area contributed by atoms with Crippen LogP contribution in [0.15, 0.2) is 36.4 Å². The summed E-state index contributed by atoms with van der Waals surface area (Å²) < 4.78 is 10.6. The largest absolute Gasteiger partial charge is 0.494 e. The Kier molecular flexibility index (Phi) is 6.07. The van der Waals surface area contributed by atoms with Crippen LogP contribution in [0.4, 0.5) is 16.2 Å². The number of anilines is 2. The Bertz CT molecular complexity index is 610. The number of hydrogen-bond donors (Lipinski definition) is 2. The van der Waals surface area contributed by atoms with E-state index in [0.717, 1.165) is 29.7 Å². The quantitative estimate of drug-likeness (QED) is 0.822. The first-order valence-corrected chi connectivity index (χ1v) is 8.04. The number of rotatable bonds is 6. The van der Waals surface area contributed by atoms with Gasteiger partial charge < -0.3 is 20.1 Å². The van der Waals surface area contributed by atoms with E-state index in [-0.39, 0.29) is 6.03 Å². The number of carbonyl (C=O) groups excluding carboxylic acids is 1. The number of nitrogens with one attached hydrogen (secondary N) is 2. The minimum absolute atomic E-state index is 0.326. The second-order valence-electron chi connectivity index (χ2n) is 5.28. The number of amides is 2. The van der Waals surface area contributed by atoms with Crippen molar-refractivity contribution >= 4 is 17.4 Å². The van der Waals surface area contributed by atoms with Crippen molar-refractivity contribution in [2.75, 3.05) is 24.9 Å². The Labute approximate surface area is 143 Å². The van der Waals surface area contributed by atoms with E-state index in [1.807, 2.05) is 24.3 Å². The molecule has 0 heterocycles. The van der Waals surface area contributed by atoms with Crippen LogP contribution in [0.3, 0.4) is 0 Å². The highest BCUT2D eigenvalue weighted by Gasteiger charge is 2.15. The number of methoxy groups -OCH3 is 2. The molecule has 5 nitrogen and oxygen atoms in total. The van der Waals surface area contributed by atoms with Crippen LogP contribution < -0.4 is 20.1 Å². The number of para-hydroxylation sites is 2. The molecule has 2 amide bonds. The minimum atomic E-state index is -0.326. The first-order valence-electron chi connectivity index (χ1n) is 8.04. The van der Waals surface area contributed by atoms with Crippen LogP contribution >= 0.6 is 0 Å². The summed E-state index contributed by atoms with van der Waals surface area (Å²) in [6, 6.07) is 11.1. The number of ether oxygens (including phenoxy) is 2. The lowest BCUT2D eigenvalue weighted by atomic mass is 10.0. The van der Waals surface area contributed by atoms with E-state index in [0.29, 0.717) is 17.2 Å². The molecule has 5 heteroatoms. The van der Waals surface area contributed by atoms with Gasteiger partial charge in [-0.1, -0.05) is 38.1 Å². The Morgan fingerprint density at radius 1 is 0.833 bits per heavy atom. The monoisotopic (exact) mass is 328 g/mol. The zero-order valence-electron chi connectivity index (χ0n) is 14.6. The molecule has 24 heavy (non-hydrogen) atoms. The Morgan fingerprint density at radius 3 is 1.75 bits per heavy atom. The third kappa shape index (κ3) is 3.79. The van der Waals surface area contributed by atoms with Gasteiger partial charge in [0.15, 0.2) is 0 Å². The van der Waals surface area contributed by atoms with Crippen molar-refractivity contribution in [2.45, 2.75) is 26.7 Å². The van der Waals surface area contributed by atoms with Gasteiger partial charge in [0.1, 0.15) is 17.2 Å². The average Bonchev–Trinajstić information content (AvgIpc) is 2.61. The number of carbonyl (C=O) groups is 1. The molecule has 0 bridgehead atoms. The summed E-state index contributed by atoms with van der Waals surface area (Å²) in [5.74, 6) is 1.09. The van der Waals surface area contributed by atoms with Gasteiger partial charge in [-0.2, -0.15) is 0 Å². The number of urea groups is 1. The van der Waals surface area contributed by atoms with Crippen molar-refractivity contribution in [3.05, 3.63) is 47.5 Å². The van der Waals surface area contributed by atoms with Gasteiger partial charge in [-0.25, -0.2) is 4.79 Å². The van der Waals surface area contributed by atoms with Crippen molar-refractivity contribution < 1.29 is 14.3 Å². The molecular formula is C19H24N2O3. The molecule has 0 aliphatic rings. The lowest BCUT2D eigenvalue weighted by molar-refractivity contribution is 0.262. The van der Waals surface area contributed by atoms with Crippen molar-refractivity contribution in [1.82, 2.24) is 0 Å². The van der Waals surface area contributed by atoms with Gasteiger partial charge in [-0.05, 0) is 36.1 Å². The van der Waals surface area contributed by atoms with Crippen LogP contribution in [-0.4, -0.2) is 20.3 Å². The van der Waals surface area contributed by atoms with Crippen LogP contribution in [0.5, 0.6) is 11.5 Å². The lowest BCUT2D eigenvalue weighted by Crippen LogP contribution is -2.22. The maximum absolute atomic E-state index is 12.5. The SMILES string of the molecule is CCc1cccc(CC)c1NC(=O)Nc1c(OC)cccc1OC. The Hall–Kier alpha value is -2.69. The van der Waals surface area contributed by atoms with Crippen molar-refractivity contribution in [3.8, 4) is 11.5 Å². The first kappa shape index (κ1) is 17.7. The van der Waals surface area contributed by atoms with Gasteiger partial charge in [-0.15, -0.1) is 0 Å². The van der Waals surface area contributed by atoms with Gasteiger partial charge in [-0.3, -0.25) is 0 Å². The molecule has 128 valence electrons. The summed E-state index contributed by atoms with van der Waals surface area (Å²) in [5.41, 5.74) is 3.59. The van der Waals surface area contributed by atoms with Crippen LogP contribution in [0.1, 0.15) is 25.0 Å². The predicted octanol–water partition coefficient (Wildman–Crippen LogP) is 4.47. The molecule has 0 saturated carbocycles. The minimum Gasteiger partial charge on any atom is -0.494 e. The molecule has 0 saturated heterocycles. The Balaban J connectivity index is 2.27. The van der Waals surface area contributed by atoms with Crippen LogP contribution in [0.2, 0.25) is 0 Å². The van der Waals surface area contributed by atoms with Crippen LogP contribution in [0, 0.1) is 0 Å². The Morgan fingerprint density at radius 2 is 1.29 bits per heavy atom. The fraction of sp³-hybridized carbons (Fsp3) is 0.316. The fourth-order valence-corrected chi connectivity index (χ4v) is 2.64. The van der Waals surface area contributed by atoms with Crippen LogP contribution in [-0.2, 0) is 12.8 Å². The third-order valence-corrected chi connectivity index (χ3v) is 3.90. The van der Waals surface area contributed by atoms with Gasteiger partial charge in [0.05, 0.1) is 14.2 Å². The molecule has 2 N–H and O–H groups in total. The second kappa shape index (κ2) is 8.24. The van der Waals surface area contributed by atoms with Gasteiger partial charge in [0.25, 0.3) is 0 Å². The van der Waals surface area contributed by atoms with Gasteiger partial charge in [0, 0.05) is 5.69 Å². The summed E-state index contributed by atoms with van der Waals surface area (Å²) in [6.45, 7) is 4.14. The summed E-state index contributed by atoms with van der Waals surface area (Å²) >= 11 is 0. The molecule has 2 rings (SSSR count). The first-order chi connectivity index (χ1) is 11.6. The molecule has 0 fully saturated rings. The maximum Gasteiger partial charge on any atom is 0.323 e. The number of aryl methyl sites for hydroxylation is 2. The predicted molar refractivity (Wildman–Crippen MR) is 97.4 cm³/mol. The van der Waals surface area contributed by atoms with Gasteiger partial charge >= 0.3 is 6.03 Å². The molecule has 0 aliphatic carbocycles. The van der Waals surface area contributed by atoms with Crippen LogP contribution in [0.25, 0.3) is 0 Å². The molecule has 2 aromatic carbocycles. The van der Waals surface area contributed by atoms with Crippen molar-refractivity contribution in [2.24, 2.45) is 0 Å². The molecule has 0 radical (unpaired) electrons. The smallest absolute Gasteiger partial charge is 0.323 e. The maximum atomic E-state index is 12.5. The van der Waals surface area contributed by atoms with E-state index >= 15 is 0 Å². The molecule has 0 unspecified atom stereocenters. The molecule has 0 spiro atoms. The highest BCUT2D eigenvalue weighted by Crippen LogP contribution is 2.34. The molecular weight excluding hydrogens is 304 g/mol. The number of hydrogen-bond acceptors (Lipinski definition) is 3. The van der Waals surface area contributed by atoms with Gasteiger partial charge in [0.2, 0.25) is 0 Å².